The number of aromatic nitrogens is 1. The molecule has 0 aliphatic carbocycles. The molecular formula is C29H38F2N4O2. The zero-order chi connectivity index (χ0) is 26.4. The number of Topliss-reactive ketones (excluding diaryl/α,β-unsaturated/α-hetero) is 1. The lowest BCUT2D eigenvalue weighted by Gasteiger charge is -2.30. The number of carbonyl (C=O) groups is 2. The van der Waals surface area contributed by atoms with E-state index in [1.807, 2.05) is 56.9 Å². The number of aryl methyl sites for hydroxylation is 1. The first-order chi connectivity index (χ1) is 17.0. The Labute approximate surface area is 218 Å². The molecule has 0 unspecified atom stereocenters. The number of fused-ring (bicyclic) bond motifs is 1. The molecule has 3 aromatic rings. The minimum absolute atomic E-state index is 0. The first kappa shape index (κ1) is 29.8. The first-order valence-corrected chi connectivity index (χ1v) is 12.2. The summed E-state index contributed by atoms with van der Waals surface area (Å²) in [7, 11) is 0. The number of hydrogen-bond donors (Lipinski definition) is 2. The van der Waals surface area contributed by atoms with Crippen LogP contribution in [0.3, 0.4) is 0 Å². The predicted molar refractivity (Wildman–Crippen MR) is 145 cm³/mol. The van der Waals surface area contributed by atoms with E-state index in [0.29, 0.717) is 17.8 Å². The van der Waals surface area contributed by atoms with Gasteiger partial charge in [-0.1, -0.05) is 31.7 Å². The van der Waals surface area contributed by atoms with Gasteiger partial charge < -0.3 is 11.1 Å². The molecule has 0 bridgehead atoms. The standard InChI is InChI=1S/C28H34F2N4O2.CH4/c1-17(2)34(18(3)4)16-27(36)33-25(15-20-6-9-23(29)24(30)14-20)26(35)10-7-19-5-8-22-21(13-19)11-12-32-28(22)31;/h5-6,8-9,11-14,17-18,25H,7,10,15-16H2,1-4H3,(H2,31,32)(H,33,36);1H4/t25-;/m0./s1. The summed E-state index contributed by atoms with van der Waals surface area (Å²) in [6.07, 6.45) is 2.35. The zero-order valence-electron chi connectivity index (χ0n) is 21.2. The summed E-state index contributed by atoms with van der Waals surface area (Å²) in [6.45, 7) is 8.15. The van der Waals surface area contributed by atoms with Gasteiger partial charge in [-0.2, -0.15) is 0 Å². The van der Waals surface area contributed by atoms with E-state index in [-0.39, 0.29) is 50.6 Å². The summed E-state index contributed by atoms with van der Waals surface area (Å²) >= 11 is 0. The number of rotatable bonds is 11. The number of amides is 1. The minimum atomic E-state index is -0.985. The van der Waals surface area contributed by atoms with Gasteiger partial charge in [0.15, 0.2) is 17.4 Å². The summed E-state index contributed by atoms with van der Waals surface area (Å²) in [5, 5.41) is 4.62. The Hall–Kier alpha value is -3.39. The second-order valence-corrected chi connectivity index (χ2v) is 9.65. The van der Waals surface area contributed by atoms with Crippen LogP contribution in [0.5, 0.6) is 0 Å². The van der Waals surface area contributed by atoms with E-state index in [4.69, 9.17) is 5.73 Å². The Morgan fingerprint density at radius 1 is 0.973 bits per heavy atom. The van der Waals surface area contributed by atoms with Gasteiger partial charge in [-0.15, -0.1) is 0 Å². The molecule has 3 rings (SSSR count). The maximum Gasteiger partial charge on any atom is 0.234 e. The van der Waals surface area contributed by atoms with Crippen LogP contribution >= 0.6 is 0 Å². The van der Waals surface area contributed by atoms with Crippen LogP contribution in [0.1, 0.15) is 52.7 Å². The molecule has 0 aliphatic heterocycles. The number of benzene rings is 2. The van der Waals surface area contributed by atoms with Crippen LogP contribution in [0.25, 0.3) is 10.8 Å². The Balaban J connectivity index is 0.00000481. The van der Waals surface area contributed by atoms with Crippen molar-refractivity contribution in [2.24, 2.45) is 0 Å². The molecule has 1 amide bonds. The van der Waals surface area contributed by atoms with Crippen LogP contribution in [0.2, 0.25) is 0 Å². The number of halogens is 2. The van der Waals surface area contributed by atoms with Gasteiger partial charge >= 0.3 is 0 Å². The van der Waals surface area contributed by atoms with Crippen molar-refractivity contribution in [2.75, 3.05) is 12.3 Å². The van der Waals surface area contributed by atoms with Gasteiger partial charge in [0.2, 0.25) is 5.91 Å². The van der Waals surface area contributed by atoms with Crippen LogP contribution in [0.4, 0.5) is 14.6 Å². The number of carbonyl (C=O) groups excluding carboxylic acids is 2. The Bertz CT molecular complexity index is 1220. The second-order valence-electron chi connectivity index (χ2n) is 9.65. The first-order valence-electron chi connectivity index (χ1n) is 12.2. The van der Waals surface area contributed by atoms with E-state index in [9.17, 15) is 18.4 Å². The van der Waals surface area contributed by atoms with Crippen molar-refractivity contribution >= 4 is 28.3 Å². The normalized spacial score (nSPS) is 12.1. The molecule has 8 heteroatoms. The largest absolute Gasteiger partial charge is 0.383 e. The van der Waals surface area contributed by atoms with Gasteiger partial charge in [0.05, 0.1) is 12.6 Å². The van der Waals surface area contributed by atoms with Crippen LogP contribution in [0, 0.1) is 11.6 Å². The third-order valence-electron chi connectivity index (χ3n) is 6.32. The van der Waals surface area contributed by atoms with E-state index in [1.165, 1.54) is 6.07 Å². The predicted octanol–water partition coefficient (Wildman–Crippen LogP) is 5.08. The van der Waals surface area contributed by atoms with E-state index < -0.39 is 17.7 Å². The van der Waals surface area contributed by atoms with Crippen molar-refractivity contribution < 1.29 is 18.4 Å². The molecule has 0 fully saturated rings. The SMILES string of the molecule is C.CC(C)N(CC(=O)N[C@@H](Cc1ccc(F)c(F)c1)C(=O)CCc1ccc2c(N)nccc2c1)C(C)C. The monoisotopic (exact) mass is 512 g/mol. The number of pyridine rings is 1. The average Bonchev–Trinajstić information content (AvgIpc) is 2.82. The van der Waals surface area contributed by atoms with Crippen molar-refractivity contribution in [3.05, 3.63) is 71.4 Å². The second kappa shape index (κ2) is 13.2. The maximum atomic E-state index is 13.8. The molecule has 1 aromatic heterocycles. The topological polar surface area (TPSA) is 88.3 Å². The molecule has 6 nitrogen and oxygen atoms in total. The Morgan fingerprint density at radius 3 is 2.30 bits per heavy atom. The number of nitrogens with one attached hydrogen (secondary N) is 1. The minimum Gasteiger partial charge on any atom is -0.383 e. The lowest BCUT2D eigenvalue weighted by molar-refractivity contribution is -0.129. The summed E-state index contributed by atoms with van der Waals surface area (Å²) < 4.78 is 27.2. The molecule has 0 aliphatic rings. The van der Waals surface area contributed by atoms with Gasteiger partial charge in [-0.3, -0.25) is 14.5 Å². The Kier molecular flexibility index (Phi) is 10.7. The fourth-order valence-electron chi connectivity index (χ4n) is 4.36. The highest BCUT2D eigenvalue weighted by Gasteiger charge is 2.24. The number of ketones is 1. The summed E-state index contributed by atoms with van der Waals surface area (Å²) in [6, 6.07) is 10.6. The number of hydrogen-bond acceptors (Lipinski definition) is 5. The maximum absolute atomic E-state index is 13.8. The van der Waals surface area contributed by atoms with Gasteiger partial charge in [0, 0.05) is 30.1 Å². The summed E-state index contributed by atoms with van der Waals surface area (Å²) in [5.41, 5.74) is 7.31. The summed E-state index contributed by atoms with van der Waals surface area (Å²) in [5.74, 6) is -1.96. The molecule has 1 heterocycles. The van der Waals surface area contributed by atoms with Crippen molar-refractivity contribution in [3.63, 3.8) is 0 Å². The van der Waals surface area contributed by atoms with Crippen molar-refractivity contribution in [1.82, 2.24) is 15.2 Å². The highest BCUT2D eigenvalue weighted by atomic mass is 19.2. The number of nitrogen functional groups attached to an aromatic ring is 1. The fraction of sp³-hybridized carbons (Fsp3) is 0.414. The number of nitrogens with two attached hydrogens (primary N) is 1. The molecule has 37 heavy (non-hydrogen) atoms. The molecule has 0 spiro atoms. The van der Waals surface area contributed by atoms with Crippen molar-refractivity contribution in [2.45, 2.75) is 72.5 Å². The highest BCUT2D eigenvalue weighted by Crippen LogP contribution is 2.21. The number of anilines is 1. The van der Waals surface area contributed by atoms with Crippen molar-refractivity contribution in [3.8, 4) is 0 Å². The Morgan fingerprint density at radius 2 is 1.65 bits per heavy atom. The van der Waals surface area contributed by atoms with Crippen LogP contribution in [0.15, 0.2) is 48.7 Å². The fourth-order valence-corrected chi connectivity index (χ4v) is 4.36. The van der Waals surface area contributed by atoms with Gasteiger partial charge in [-0.05, 0) is 75.2 Å². The molecule has 2 aromatic carbocycles. The molecular weight excluding hydrogens is 474 g/mol. The molecule has 0 saturated carbocycles. The molecule has 0 radical (unpaired) electrons. The van der Waals surface area contributed by atoms with E-state index >= 15 is 0 Å². The third kappa shape index (κ3) is 8.05. The molecule has 200 valence electrons. The smallest absolute Gasteiger partial charge is 0.234 e. The van der Waals surface area contributed by atoms with E-state index in [2.05, 4.69) is 10.3 Å². The van der Waals surface area contributed by atoms with Gasteiger partial charge in [0.1, 0.15) is 5.82 Å². The average molecular weight is 513 g/mol. The van der Waals surface area contributed by atoms with Crippen LogP contribution in [-0.2, 0) is 22.4 Å². The molecule has 0 saturated heterocycles. The molecule has 3 N–H and O–H groups in total. The van der Waals surface area contributed by atoms with Crippen LogP contribution in [-0.4, -0.2) is 46.2 Å². The third-order valence-corrected chi connectivity index (χ3v) is 6.32. The van der Waals surface area contributed by atoms with E-state index in [1.54, 1.807) is 6.20 Å². The highest BCUT2D eigenvalue weighted by molar-refractivity contribution is 5.92. The number of nitrogens with zero attached hydrogens (tertiary/aromatic N) is 2. The van der Waals surface area contributed by atoms with Crippen molar-refractivity contribution in [1.29, 1.82) is 0 Å². The van der Waals surface area contributed by atoms with Gasteiger partial charge in [-0.25, -0.2) is 13.8 Å². The zero-order valence-corrected chi connectivity index (χ0v) is 21.2. The quantitative estimate of drug-likeness (QED) is 0.374. The lowest BCUT2D eigenvalue weighted by atomic mass is 9.96. The van der Waals surface area contributed by atoms with Gasteiger partial charge in [0.25, 0.3) is 0 Å². The van der Waals surface area contributed by atoms with Crippen LogP contribution < -0.4 is 11.1 Å². The lowest BCUT2D eigenvalue weighted by Crippen LogP contribution is -2.49. The van der Waals surface area contributed by atoms with E-state index in [0.717, 1.165) is 28.5 Å². The summed E-state index contributed by atoms with van der Waals surface area (Å²) in [4.78, 5) is 32.2. The molecule has 1 atom stereocenters.